The molecule has 0 aliphatic carbocycles. The van der Waals surface area contributed by atoms with Gasteiger partial charge in [0.1, 0.15) is 42.0 Å². The van der Waals surface area contributed by atoms with Gasteiger partial charge < -0.3 is 74.1 Å². The number of hydrogen-bond donors (Lipinski definition) is 14. The third-order valence-corrected chi connectivity index (χ3v) is 9.68. The number of amides is 8. The van der Waals surface area contributed by atoms with Crippen molar-refractivity contribution in [3.05, 3.63) is 102 Å². The van der Waals surface area contributed by atoms with Gasteiger partial charge in [0.15, 0.2) is 0 Å². The number of aliphatic hydroxyl groups excluding tert-OH is 2. The molecular weight excluding hydrogens is 877 g/mol. The van der Waals surface area contributed by atoms with Gasteiger partial charge in [-0.1, -0.05) is 60.7 Å². The lowest BCUT2D eigenvalue weighted by atomic mass is 10.0. The van der Waals surface area contributed by atoms with Gasteiger partial charge >= 0.3 is 0 Å². The number of aromatic nitrogens is 1. The fourth-order valence-corrected chi connectivity index (χ4v) is 6.30. The van der Waals surface area contributed by atoms with Gasteiger partial charge in [-0.25, -0.2) is 0 Å². The van der Waals surface area contributed by atoms with Crippen molar-refractivity contribution in [3.63, 3.8) is 0 Å². The van der Waals surface area contributed by atoms with Gasteiger partial charge in [-0.05, 0) is 41.8 Å². The SMILES string of the molecule is CC(=O)O.CC(NC(=O)CN)C(=O)NC(CO)C(=O)NC(Cc1ccccc1)C(=O)NC(Cc1ccc(O)cc1)C(=O)NC(CO)C(=O)NC(Cc1c[nH]c2ccccc12)C(=O)NCC(N)=O. The summed E-state index contributed by atoms with van der Waals surface area (Å²) >= 11 is 0. The minimum absolute atomic E-state index is 0.0782. The fourth-order valence-electron chi connectivity index (χ4n) is 6.30. The highest BCUT2D eigenvalue weighted by atomic mass is 16.4. The lowest BCUT2D eigenvalue weighted by molar-refractivity contribution is -0.136. The number of benzene rings is 3. The number of rotatable bonds is 23. The van der Waals surface area contributed by atoms with Crippen LogP contribution in [0.3, 0.4) is 0 Å². The largest absolute Gasteiger partial charge is 0.508 e. The first kappa shape index (κ1) is 53.4. The van der Waals surface area contributed by atoms with Crippen LogP contribution in [0.2, 0.25) is 0 Å². The first-order valence-corrected chi connectivity index (χ1v) is 20.7. The zero-order valence-corrected chi connectivity index (χ0v) is 36.6. The summed E-state index contributed by atoms with van der Waals surface area (Å²) in [4.78, 5) is 117. The molecule has 1 aromatic heterocycles. The number of aromatic hydroxyl groups is 1. The molecule has 4 aromatic rings. The van der Waals surface area contributed by atoms with E-state index in [1.165, 1.54) is 31.2 Å². The number of carbonyl (C=O) groups excluding carboxylic acids is 8. The molecule has 0 aliphatic rings. The Morgan fingerprint density at radius 1 is 0.597 bits per heavy atom. The summed E-state index contributed by atoms with van der Waals surface area (Å²) in [6.07, 6.45) is 1.19. The van der Waals surface area contributed by atoms with Crippen LogP contribution in [0.25, 0.3) is 10.9 Å². The second kappa shape index (κ2) is 26.8. The number of carboxylic acid groups (broad SMARTS) is 1. The Labute approximate surface area is 383 Å². The van der Waals surface area contributed by atoms with E-state index in [0.29, 0.717) is 16.7 Å². The Morgan fingerprint density at radius 2 is 1.04 bits per heavy atom. The summed E-state index contributed by atoms with van der Waals surface area (Å²) in [5, 5.41) is 55.5. The molecule has 67 heavy (non-hydrogen) atoms. The number of carbonyl (C=O) groups is 9. The lowest BCUT2D eigenvalue weighted by Gasteiger charge is -2.27. The average Bonchev–Trinajstić information content (AvgIpc) is 3.71. The second-order valence-corrected chi connectivity index (χ2v) is 15.0. The van der Waals surface area contributed by atoms with Crippen LogP contribution in [0, 0.1) is 0 Å². The molecule has 23 nitrogen and oxygen atoms in total. The van der Waals surface area contributed by atoms with Crippen LogP contribution >= 0.6 is 0 Å². The standard InChI is InChI=1S/C42H52N10O11.C2H4O2/c1-23(47-36(57)18-43)37(58)51-33(21-53)41(62)49-30(15-24-7-3-2-4-8-24)39(60)48-31(16-25-11-13-27(55)14-12-25)40(61)52-34(22-54)42(63)50-32(38(59)46-20-35(44)56)17-26-19-45-29-10-6-5-9-28(26)29;1-2(3)4/h2-14,19,23,30-34,45,53-55H,15-18,20-22,43H2,1H3,(H2,44,56)(H,46,59)(H,47,57)(H,48,60)(H,49,62)(H,50,63)(H,51,58)(H,52,61);1H3,(H,3,4). The highest BCUT2D eigenvalue weighted by Crippen LogP contribution is 2.19. The van der Waals surface area contributed by atoms with Crippen molar-refractivity contribution in [3.8, 4) is 5.75 Å². The van der Waals surface area contributed by atoms with E-state index in [9.17, 15) is 53.7 Å². The topological polar surface area (TPSA) is 387 Å². The number of primary amides is 1. The van der Waals surface area contributed by atoms with Gasteiger partial charge in [0.25, 0.3) is 5.97 Å². The Hall–Kier alpha value is -7.89. The Morgan fingerprint density at radius 3 is 1.55 bits per heavy atom. The van der Waals surface area contributed by atoms with Crippen molar-refractivity contribution in [2.45, 2.75) is 69.4 Å². The number of para-hydroxylation sites is 1. The van der Waals surface area contributed by atoms with E-state index < -0.39 is 116 Å². The predicted molar refractivity (Wildman–Crippen MR) is 240 cm³/mol. The number of H-pyrrole nitrogens is 1. The van der Waals surface area contributed by atoms with Crippen LogP contribution in [0.15, 0.2) is 85.1 Å². The van der Waals surface area contributed by atoms with Gasteiger partial charge in [-0.2, -0.15) is 0 Å². The van der Waals surface area contributed by atoms with Crippen molar-refractivity contribution < 1.29 is 63.6 Å². The molecule has 6 atom stereocenters. The molecule has 0 aliphatic heterocycles. The molecule has 0 saturated carbocycles. The average molecular weight is 933 g/mol. The number of fused-ring (bicyclic) bond motifs is 1. The molecular formula is C44H56N10O13. The van der Waals surface area contributed by atoms with E-state index in [-0.39, 0.29) is 25.0 Å². The van der Waals surface area contributed by atoms with E-state index in [1.807, 2.05) is 6.07 Å². The molecule has 8 amide bonds. The van der Waals surface area contributed by atoms with Crippen LogP contribution in [-0.4, -0.2) is 141 Å². The quantitative estimate of drug-likeness (QED) is 0.0343. The smallest absolute Gasteiger partial charge is 0.300 e. The fraction of sp³-hybridized carbons (Fsp3) is 0.341. The summed E-state index contributed by atoms with van der Waals surface area (Å²) in [6.45, 7) is -0.385. The monoisotopic (exact) mass is 932 g/mol. The van der Waals surface area contributed by atoms with E-state index in [4.69, 9.17) is 21.4 Å². The molecule has 16 N–H and O–H groups in total. The van der Waals surface area contributed by atoms with Gasteiger partial charge in [0.05, 0.1) is 26.3 Å². The number of nitrogens with one attached hydrogen (secondary N) is 8. The molecule has 1 heterocycles. The van der Waals surface area contributed by atoms with Crippen LogP contribution < -0.4 is 48.7 Å². The van der Waals surface area contributed by atoms with Crippen LogP contribution in [0.1, 0.15) is 30.5 Å². The number of hydrogen-bond acceptors (Lipinski definition) is 13. The van der Waals surface area contributed by atoms with E-state index in [2.05, 4.69) is 42.2 Å². The number of aliphatic carboxylic acids is 1. The van der Waals surface area contributed by atoms with E-state index in [0.717, 1.165) is 17.8 Å². The minimum Gasteiger partial charge on any atom is -0.508 e. The molecule has 6 unspecified atom stereocenters. The maximum atomic E-state index is 14.1. The highest BCUT2D eigenvalue weighted by molar-refractivity contribution is 5.98. The molecule has 4 rings (SSSR count). The summed E-state index contributed by atoms with van der Waals surface area (Å²) in [5.41, 5.74) is 12.9. The highest BCUT2D eigenvalue weighted by Gasteiger charge is 2.33. The van der Waals surface area contributed by atoms with Gasteiger partial charge in [0, 0.05) is 43.3 Å². The summed E-state index contributed by atoms with van der Waals surface area (Å²) in [6, 6.07) is 12.6. The molecule has 0 spiro atoms. The number of nitrogens with two attached hydrogens (primary N) is 2. The number of phenols is 1. The normalized spacial score (nSPS) is 13.3. The van der Waals surface area contributed by atoms with Gasteiger partial charge in [0.2, 0.25) is 47.3 Å². The van der Waals surface area contributed by atoms with Crippen molar-refractivity contribution in [1.82, 2.24) is 42.2 Å². The van der Waals surface area contributed by atoms with Crippen LogP contribution in [0.4, 0.5) is 0 Å². The minimum atomic E-state index is -1.68. The number of aliphatic hydroxyl groups is 2. The van der Waals surface area contributed by atoms with Gasteiger partial charge in [-0.15, -0.1) is 0 Å². The van der Waals surface area contributed by atoms with Crippen molar-refractivity contribution in [2.75, 3.05) is 26.3 Å². The van der Waals surface area contributed by atoms with Crippen molar-refractivity contribution >= 4 is 64.1 Å². The van der Waals surface area contributed by atoms with Crippen molar-refractivity contribution in [2.24, 2.45) is 11.5 Å². The third kappa shape index (κ3) is 17.9. The molecule has 0 fully saturated rings. The molecule has 23 heteroatoms. The summed E-state index contributed by atoms with van der Waals surface area (Å²) in [7, 11) is 0. The number of phenolic OH excluding ortho intramolecular Hbond substituents is 1. The number of carboxylic acids is 1. The first-order chi connectivity index (χ1) is 31.8. The first-order valence-electron chi connectivity index (χ1n) is 20.7. The van der Waals surface area contributed by atoms with Crippen LogP contribution in [-0.2, 0) is 62.4 Å². The maximum absolute atomic E-state index is 14.1. The summed E-state index contributed by atoms with van der Waals surface area (Å²) in [5.74, 6) is -7.89. The van der Waals surface area contributed by atoms with E-state index >= 15 is 0 Å². The Balaban J connectivity index is 0.00000285. The third-order valence-electron chi connectivity index (χ3n) is 9.68. The predicted octanol–water partition coefficient (Wildman–Crippen LogP) is -3.53. The molecule has 0 bridgehead atoms. The molecule has 360 valence electrons. The Bertz CT molecular complexity index is 2340. The zero-order chi connectivity index (χ0) is 49.6. The van der Waals surface area contributed by atoms with E-state index in [1.54, 1.807) is 54.7 Å². The van der Waals surface area contributed by atoms with Crippen molar-refractivity contribution in [1.29, 1.82) is 0 Å². The molecule has 0 radical (unpaired) electrons. The second-order valence-electron chi connectivity index (χ2n) is 15.0. The van der Waals surface area contributed by atoms with Gasteiger partial charge in [-0.3, -0.25) is 43.2 Å². The summed E-state index contributed by atoms with van der Waals surface area (Å²) < 4.78 is 0. The molecule has 3 aromatic carbocycles. The number of aromatic amines is 1. The maximum Gasteiger partial charge on any atom is 0.300 e. The van der Waals surface area contributed by atoms with Crippen LogP contribution in [0.5, 0.6) is 5.75 Å². The Kier molecular flexibility index (Phi) is 21.4. The molecule has 0 saturated heterocycles. The zero-order valence-electron chi connectivity index (χ0n) is 36.6. The lowest BCUT2D eigenvalue weighted by Crippen LogP contribution is -2.61.